The van der Waals surface area contributed by atoms with Crippen LogP contribution in [0.25, 0.3) is 11.1 Å². The zero-order chi connectivity index (χ0) is 29.1. The molecule has 42 heavy (non-hydrogen) atoms. The highest BCUT2D eigenvalue weighted by molar-refractivity contribution is 9.10. The van der Waals surface area contributed by atoms with Crippen LogP contribution in [0.3, 0.4) is 0 Å². The Morgan fingerprint density at radius 1 is 0.833 bits per heavy atom. The van der Waals surface area contributed by atoms with E-state index in [0.717, 1.165) is 58.3 Å². The third kappa shape index (κ3) is 8.60. The van der Waals surface area contributed by atoms with E-state index in [4.69, 9.17) is 0 Å². The van der Waals surface area contributed by atoms with Crippen molar-refractivity contribution in [2.75, 3.05) is 32.7 Å². The van der Waals surface area contributed by atoms with Crippen LogP contribution in [0.2, 0.25) is 0 Å². The molecule has 216 valence electrons. The molecule has 0 atom stereocenters. The minimum atomic E-state index is -0.0485. The minimum absolute atomic E-state index is 0.0485. The first-order valence-corrected chi connectivity index (χ1v) is 15.4. The number of hydrogen-bond donors (Lipinski definition) is 1. The maximum atomic E-state index is 13.5. The van der Waals surface area contributed by atoms with Crippen LogP contribution in [0.5, 0.6) is 0 Å². The molecule has 0 radical (unpaired) electrons. The summed E-state index contributed by atoms with van der Waals surface area (Å²) in [6, 6.07) is 27.9. The number of hydrogen-bond acceptors (Lipinski definition) is 4. The first-order chi connectivity index (χ1) is 20.5. The van der Waals surface area contributed by atoms with Gasteiger partial charge in [0.15, 0.2) is 0 Å². The fraction of sp³-hybridized carbons (Fsp3) is 0.286. The Hall–Kier alpha value is -3.81. The largest absolute Gasteiger partial charge is 0.351 e. The monoisotopic (exact) mass is 624 g/mol. The Kier molecular flexibility index (Phi) is 10.5. The summed E-state index contributed by atoms with van der Waals surface area (Å²) in [6.45, 7) is 4.90. The Balaban J connectivity index is 1.28. The quantitative estimate of drug-likeness (QED) is 0.205. The van der Waals surface area contributed by atoms with Crippen LogP contribution in [0.15, 0.2) is 102 Å². The first-order valence-electron chi connectivity index (χ1n) is 14.6. The summed E-state index contributed by atoms with van der Waals surface area (Å²) < 4.78 is 0.964. The Bertz CT molecular complexity index is 1490. The summed E-state index contributed by atoms with van der Waals surface area (Å²) in [6.07, 6.45) is 7.15. The Labute approximate surface area is 256 Å². The van der Waals surface area contributed by atoms with Crippen LogP contribution in [0.4, 0.5) is 0 Å². The van der Waals surface area contributed by atoms with Gasteiger partial charge in [-0.05, 0) is 103 Å². The van der Waals surface area contributed by atoms with Gasteiger partial charge in [0.25, 0.3) is 5.91 Å². The number of pyridine rings is 1. The fourth-order valence-electron chi connectivity index (χ4n) is 5.38. The van der Waals surface area contributed by atoms with E-state index in [1.165, 1.54) is 12.8 Å². The molecule has 3 aromatic carbocycles. The number of rotatable bonds is 12. The summed E-state index contributed by atoms with van der Waals surface area (Å²) in [4.78, 5) is 34.9. The average Bonchev–Trinajstić information content (AvgIpc) is 3.53. The topological polar surface area (TPSA) is 65.5 Å². The number of nitrogens with one attached hydrogen (secondary N) is 1. The number of carbonyl (C=O) groups is 2. The number of benzene rings is 3. The molecule has 1 fully saturated rings. The zero-order valence-electron chi connectivity index (χ0n) is 23.8. The standard InChI is InChI=1S/C35H37BrN4O2/c36-33-11-4-6-28(23-33)24-34(41)40(20-14-27-12-15-37-16-13-27)26-29-7-3-8-30(22-29)31-9-5-10-32(25-31)35(42)38-17-21-39-18-1-2-19-39/h3-13,15-16,22-23,25H,1-2,14,17-21,24,26H2,(H,38,42). The molecule has 1 aliphatic rings. The van der Waals surface area contributed by atoms with Crippen molar-refractivity contribution >= 4 is 27.7 Å². The van der Waals surface area contributed by atoms with E-state index >= 15 is 0 Å². The molecule has 2 heterocycles. The highest BCUT2D eigenvalue weighted by Gasteiger charge is 2.16. The molecule has 6 nitrogen and oxygen atoms in total. The van der Waals surface area contributed by atoms with Crippen molar-refractivity contribution in [3.8, 4) is 11.1 Å². The molecule has 0 spiro atoms. The SMILES string of the molecule is O=C(NCCN1CCCC1)c1cccc(-c2cccc(CN(CCc3ccncc3)C(=O)Cc3cccc(Br)c3)c2)c1. The summed E-state index contributed by atoms with van der Waals surface area (Å²) in [5.74, 6) is 0.0350. The predicted octanol–water partition coefficient (Wildman–Crippen LogP) is 6.15. The van der Waals surface area contributed by atoms with Crippen LogP contribution in [0, 0.1) is 0 Å². The van der Waals surface area contributed by atoms with E-state index in [-0.39, 0.29) is 11.8 Å². The van der Waals surface area contributed by atoms with Crippen LogP contribution in [-0.4, -0.2) is 59.3 Å². The molecule has 1 saturated heterocycles. The normalized spacial score (nSPS) is 13.2. The molecule has 0 saturated carbocycles. The number of aromatic nitrogens is 1. The van der Waals surface area contributed by atoms with Gasteiger partial charge in [-0.1, -0.05) is 58.4 Å². The molecule has 1 aliphatic heterocycles. The van der Waals surface area contributed by atoms with Gasteiger partial charge in [0.05, 0.1) is 6.42 Å². The van der Waals surface area contributed by atoms with Gasteiger partial charge in [-0.25, -0.2) is 0 Å². The van der Waals surface area contributed by atoms with Gasteiger partial charge >= 0.3 is 0 Å². The van der Waals surface area contributed by atoms with Crippen molar-refractivity contribution in [3.05, 3.63) is 124 Å². The number of halogens is 1. The lowest BCUT2D eigenvalue weighted by atomic mass is 10.0. The lowest BCUT2D eigenvalue weighted by Crippen LogP contribution is -2.33. The van der Waals surface area contributed by atoms with E-state index in [2.05, 4.69) is 49.3 Å². The van der Waals surface area contributed by atoms with E-state index in [9.17, 15) is 9.59 Å². The maximum Gasteiger partial charge on any atom is 0.251 e. The van der Waals surface area contributed by atoms with Gasteiger partial charge in [0, 0.05) is 48.6 Å². The minimum Gasteiger partial charge on any atom is -0.351 e. The number of carbonyl (C=O) groups excluding carboxylic acids is 2. The summed E-state index contributed by atoms with van der Waals surface area (Å²) >= 11 is 3.52. The summed E-state index contributed by atoms with van der Waals surface area (Å²) in [5.41, 5.74) is 5.83. The average molecular weight is 626 g/mol. The Morgan fingerprint density at radius 2 is 1.55 bits per heavy atom. The lowest BCUT2D eigenvalue weighted by molar-refractivity contribution is -0.131. The zero-order valence-corrected chi connectivity index (χ0v) is 25.4. The van der Waals surface area contributed by atoms with E-state index in [1.807, 2.05) is 71.6 Å². The van der Waals surface area contributed by atoms with Crippen molar-refractivity contribution in [2.45, 2.75) is 32.2 Å². The second kappa shape index (κ2) is 14.9. The molecular formula is C35H37BrN4O2. The lowest BCUT2D eigenvalue weighted by Gasteiger charge is -2.24. The molecule has 7 heteroatoms. The molecule has 4 aromatic rings. The predicted molar refractivity (Wildman–Crippen MR) is 171 cm³/mol. The number of amides is 2. The maximum absolute atomic E-state index is 13.5. The smallest absolute Gasteiger partial charge is 0.251 e. The fourth-order valence-corrected chi connectivity index (χ4v) is 5.83. The second-order valence-corrected chi connectivity index (χ2v) is 11.7. The van der Waals surface area contributed by atoms with Crippen molar-refractivity contribution < 1.29 is 9.59 Å². The molecule has 0 bridgehead atoms. The van der Waals surface area contributed by atoms with Gasteiger partial charge in [0.2, 0.25) is 5.91 Å². The van der Waals surface area contributed by atoms with E-state index in [1.54, 1.807) is 12.4 Å². The first kappa shape index (κ1) is 29.7. The van der Waals surface area contributed by atoms with Gasteiger partial charge in [-0.2, -0.15) is 0 Å². The van der Waals surface area contributed by atoms with Crippen LogP contribution in [0.1, 0.15) is 39.9 Å². The summed E-state index contributed by atoms with van der Waals surface area (Å²) in [5, 5.41) is 3.07. The van der Waals surface area contributed by atoms with Gasteiger partial charge in [0.1, 0.15) is 0 Å². The van der Waals surface area contributed by atoms with E-state index in [0.29, 0.717) is 31.6 Å². The third-order valence-electron chi connectivity index (χ3n) is 7.69. The molecular weight excluding hydrogens is 588 g/mol. The van der Waals surface area contributed by atoms with Crippen LogP contribution >= 0.6 is 15.9 Å². The molecule has 0 unspecified atom stereocenters. The number of likely N-dealkylation sites (tertiary alicyclic amines) is 1. The van der Waals surface area contributed by atoms with Gasteiger partial charge < -0.3 is 15.1 Å². The van der Waals surface area contributed by atoms with E-state index < -0.39 is 0 Å². The molecule has 0 aliphatic carbocycles. The van der Waals surface area contributed by atoms with Crippen molar-refractivity contribution in [3.63, 3.8) is 0 Å². The van der Waals surface area contributed by atoms with Crippen molar-refractivity contribution in [1.82, 2.24) is 20.1 Å². The molecule has 1 aromatic heterocycles. The summed E-state index contributed by atoms with van der Waals surface area (Å²) in [7, 11) is 0. The molecule has 1 N–H and O–H groups in total. The van der Waals surface area contributed by atoms with Crippen LogP contribution in [-0.2, 0) is 24.2 Å². The second-order valence-electron chi connectivity index (χ2n) is 10.8. The van der Waals surface area contributed by atoms with Gasteiger partial charge in [-0.3, -0.25) is 14.6 Å². The Morgan fingerprint density at radius 3 is 2.33 bits per heavy atom. The van der Waals surface area contributed by atoms with Crippen molar-refractivity contribution in [1.29, 1.82) is 0 Å². The highest BCUT2D eigenvalue weighted by Crippen LogP contribution is 2.23. The third-order valence-corrected chi connectivity index (χ3v) is 8.18. The molecule has 5 rings (SSSR count). The van der Waals surface area contributed by atoms with Crippen LogP contribution < -0.4 is 5.32 Å². The highest BCUT2D eigenvalue weighted by atomic mass is 79.9. The number of nitrogens with zero attached hydrogens (tertiary/aromatic N) is 3. The van der Waals surface area contributed by atoms with Crippen molar-refractivity contribution in [2.24, 2.45) is 0 Å². The molecule has 2 amide bonds. The van der Waals surface area contributed by atoms with Gasteiger partial charge in [-0.15, -0.1) is 0 Å².